The fourth-order valence-corrected chi connectivity index (χ4v) is 2.76. The number of carbonyl (C=O) groups is 2. The highest BCUT2D eigenvalue weighted by Crippen LogP contribution is 2.24. The Morgan fingerprint density at radius 1 is 1.48 bits per heavy atom. The number of aliphatic carboxylic acids is 1. The number of halogens is 1. The molecule has 112 valence electrons. The van der Waals surface area contributed by atoms with Gasteiger partial charge < -0.3 is 14.7 Å². The highest BCUT2D eigenvalue weighted by Gasteiger charge is 2.32. The Morgan fingerprint density at radius 3 is 2.90 bits per heavy atom. The molecule has 1 aromatic rings. The monoisotopic (exact) mass is 353 g/mol. The van der Waals surface area contributed by atoms with Crippen LogP contribution in [0.1, 0.15) is 18.4 Å². The van der Waals surface area contributed by atoms with Gasteiger partial charge in [0.25, 0.3) is 0 Å². The van der Waals surface area contributed by atoms with Crippen LogP contribution in [-0.2, 0) is 9.59 Å². The second-order valence-electron chi connectivity index (χ2n) is 4.75. The molecule has 1 aliphatic rings. The summed E-state index contributed by atoms with van der Waals surface area (Å²) in [5.41, 5.74) is 0.756. The van der Waals surface area contributed by atoms with Crippen LogP contribution >= 0.6 is 15.9 Å². The first kappa shape index (κ1) is 15.6. The number of amides is 1. The fraction of sp³-hybridized carbons (Fsp3) is 0.333. The Kier molecular flexibility index (Phi) is 5.01. The van der Waals surface area contributed by atoms with Crippen LogP contribution in [0.2, 0.25) is 0 Å². The van der Waals surface area contributed by atoms with Crippen molar-refractivity contribution in [1.82, 2.24) is 4.90 Å². The van der Waals surface area contributed by atoms with Gasteiger partial charge in [-0.1, -0.05) is 15.9 Å². The summed E-state index contributed by atoms with van der Waals surface area (Å²) < 4.78 is 6.10. The van der Waals surface area contributed by atoms with E-state index in [1.807, 2.05) is 12.1 Å². The maximum Gasteiger partial charge on any atom is 0.326 e. The van der Waals surface area contributed by atoms with Gasteiger partial charge in [-0.2, -0.15) is 0 Å². The molecule has 0 spiro atoms. The average Bonchev–Trinajstić information content (AvgIpc) is 2.94. The lowest BCUT2D eigenvalue weighted by Gasteiger charge is -2.19. The number of likely N-dealkylation sites (tertiary alicyclic amines) is 1. The van der Waals surface area contributed by atoms with Crippen molar-refractivity contribution in [2.75, 3.05) is 13.7 Å². The lowest BCUT2D eigenvalue weighted by atomic mass is 10.2. The van der Waals surface area contributed by atoms with E-state index in [1.165, 1.54) is 11.0 Å². The van der Waals surface area contributed by atoms with Gasteiger partial charge in [0.15, 0.2) is 0 Å². The number of nitrogens with zero attached hydrogens (tertiary/aromatic N) is 1. The molecule has 0 aromatic heterocycles. The molecular formula is C15H16BrNO4. The quantitative estimate of drug-likeness (QED) is 0.844. The van der Waals surface area contributed by atoms with Gasteiger partial charge in [0.05, 0.1) is 7.11 Å². The van der Waals surface area contributed by atoms with Crippen LogP contribution in [0.25, 0.3) is 6.08 Å². The molecule has 1 atom stereocenters. The lowest BCUT2D eigenvalue weighted by Crippen LogP contribution is -2.39. The molecule has 1 amide bonds. The van der Waals surface area contributed by atoms with E-state index in [2.05, 4.69) is 15.9 Å². The number of ether oxygens (including phenoxy) is 1. The zero-order valence-electron chi connectivity index (χ0n) is 11.6. The second kappa shape index (κ2) is 6.76. The third-order valence-corrected chi connectivity index (χ3v) is 3.91. The molecule has 0 unspecified atom stereocenters. The molecule has 1 aliphatic heterocycles. The van der Waals surface area contributed by atoms with Crippen molar-refractivity contribution in [1.29, 1.82) is 0 Å². The van der Waals surface area contributed by atoms with Gasteiger partial charge in [-0.3, -0.25) is 4.79 Å². The highest BCUT2D eigenvalue weighted by atomic mass is 79.9. The number of rotatable bonds is 4. The van der Waals surface area contributed by atoms with Crippen LogP contribution in [0.4, 0.5) is 0 Å². The zero-order chi connectivity index (χ0) is 15.4. The molecule has 1 N–H and O–H groups in total. The maximum absolute atomic E-state index is 12.1. The summed E-state index contributed by atoms with van der Waals surface area (Å²) in [5.74, 6) is -0.588. The van der Waals surface area contributed by atoms with Crippen molar-refractivity contribution >= 4 is 33.9 Å². The highest BCUT2D eigenvalue weighted by molar-refractivity contribution is 9.10. The predicted molar refractivity (Wildman–Crippen MR) is 82.1 cm³/mol. The number of carbonyl (C=O) groups excluding carboxylic acids is 1. The molecule has 1 heterocycles. The number of methoxy groups -OCH3 is 1. The van der Waals surface area contributed by atoms with E-state index in [0.717, 1.165) is 16.5 Å². The van der Waals surface area contributed by atoms with Gasteiger partial charge in [-0.05, 0) is 37.1 Å². The average molecular weight is 354 g/mol. The van der Waals surface area contributed by atoms with Gasteiger partial charge in [-0.15, -0.1) is 0 Å². The van der Waals surface area contributed by atoms with Crippen LogP contribution in [0, 0.1) is 0 Å². The van der Waals surface area contributed by atoms with Crippen molar-refractivity contribution in [2.24, 2.45) is 0 Å². The maximum atomic E-state index is 12.1. The summed E-state index contributed by atoms with van der Waals surface area (Å²) in [4.78, 5) is 24.6. The molecule has 0 saturated carbocycles. The predicted octanol–water partition coefficient (Wildman–Crippen LogP) is 2.55. The fourth-order valence-electron chi connectivity index (χ4n) is 2.38. The topological polar surface area (TPSA) is 66.8 Å². The van der Waals surface area contributed by atoms with Crippen molar-refractivity contribution in [3.63, 3.8) is 0 Å². The largest absolute Gasteiger partial charge is 0.496 e. The standard InChI is InChI=1S/C15H16BrNO4/c1-21-13-6-5-11(16)9-10(13)4-7-14(18)17-8-2-3-12(17)15(19)20/h4-7,9,12H,2-3,8H2,1H3,(H,19,20)/b7-4+/t12-/m0/s1. The van der Waals surface area contributed by atoms with E-state index in [4.69, 9.17) is 9.84 Å². The van der Waals surface area contributed by atoms with E-state index >= 15 is 0 Å². The van der Waals surface area contributed by atoms with Crippen LogP contribution < -0.4 is 4.74 Å². The molecule has 0 radical (unpaired) electrons. The Labute approximate surface area is 131 Å². The minimum absolute atomic E-state index is 0.290. The number of benzene rings is 1. The van der Waals surface area contributed by atoms with Crippen LogP contribution in [0.15, 0.2) is 28.7 Å². The minimum atomic E-state index is -0.950. The van der Waals surface area contributed by atoms with Gasteiger partial charge in [0, 0.05) is 22.7 Å². The van der Waals surface area contributed by atoms with E-state index in [9.17, 15) is 9.59 Å². The summed E-state index contributed by atoms with van der Waals surface area (Å²) in [5, 5.41) is 9.09. The van der Waals surface area contributed by atoms with Gasteiger partial charge >= 0.3 is 5.97 Å². The number of hydrogen-bond donors (Lipinski definition) is 1. The lowest BCUT2D eigenvalue weighted by molar-refractivity contribution is -0.146. The minimum Gasteiger partial charge on any atom is -0.496 e. The first-order chi connectivity index (χ1) is 10.0. The molecule has 0 aliphatic carbocycles. The van der Waals surface area contributed by atoms with Crippen LogP contribution in [-0.4, -0.2) is 41.6 Å². The summed E-state index contributed by atoms with van der Waals surface area (Å²) in [7, 11) is 1.56. The van der Waals surface area contributed by atoms with Gasteiger partial charge in [0.1, 0.15) is 11.8 Å². The molecule has 2 rings (SSSR count). The first-order valence-electron chi connectivity index (χ1n) is 6.58. The number of hydrogen-bond acceptors (Lipinski definition) is 3. The van der Waals surface area contributed by atoms with Crippen molar-refractivity contribution in [2.45, 2.75) is 18.9 Å². The SMILES string of the molecule is COc1ccc(Br)cc1/C=C/C(=O)N1CCC[C@H]1C(=O)O. The first-order valence-corrected chi connectivity index (χ1v) is 7.37. The second-order valence-corrected chi connectivity index (χ2v) is 5.66. The van der Waals surface area contributed by atoms with E-state index in [-0.39, 0.29) is 5.91 Å². The third-order valence-electron chi connectivity index (χ3n) is 3.42. The Morgan fingerprint density at radius 2 is 2.24 bits per heavy atom. The van der Waals surface area contributed by atoms with E-state index < -0.39 is 12.0 Å². The summed E-state index contributed by atoms with van der Waals surface area (Å²) in [6, 6.07) is 4.76. The molecular weight excluding hydrogens is 338 g/mol. The molecule has 1 aromatic carbocycles. The smallest absolute Gasteiger partial charge is 0.326 e. The summed E-state index contributed by atoms with van der Waals surface area (Å²) >= 11 is 3.36. The van der Waals surface area contributed by atoms with E-state index in [1.54, 1.807) is 19.3 Å². The number of carboxylic acid groups (broad SMARTS) is 1. The van der Waals surface area contributed by atoms with Gasteiger partial charge in [-0.25, -0.2) is 4.79 Å². The van der Waals surface area contributed by atoms with Crippen LogP contribution in [0.3, 0.4) is 0 Å². The van der Waals surface area contributed by atoms with E-state index in [0.29, 0.717) is 18.7 Å². The molecule has 1 fully saturated rings. The van der Waals surface area contributed by atoms with Crippen molar-refractivity contribution < 1.29 is 19.4 Å². The molecule has 1 saturated heterocycles. The Balaban J connectivity index is 2.15. The molecule has 5 nitrogen and oxygen atoms in total. The third kappa shape index (κ3) is 3.64. The normalized spacial score (nSPS) is 18.2. The van der Waals surface area contributed by atoms with Crippen molar-refractivity contribution in [3.8, 4) is 5.75 Å². The molecule has 6 heteroatoms. The van der Waals surface area contributed by atoms with Crippen LogP contribution in [0.5, 0.6) is 5.75 Å². The zero-order valence-corrected chi connectivity index (χ0v) is 13.2. The van der Waals surface area contributed by atoms with Gasteiger partial charge in [0.2, 0.25) is 5.91 Å². The molecule has 0 bridgehead atoms. The summed E-state index contributed by atoms with van der Waals surface area (Å²) in [6.45, 7) is 0.482. The summed E-state index contributed by atoms with van der Waals surface area (Å²) in [6.07, 6.45) is 4.26. The Bertz CT molecular complexity index is 585. The Hall–Kier alpha value is -1.82. The number of carboxylic acids is 1. The molecule has 21 heavy (non-hydrogen) atoms. The van der Waals surface area contributed by atoms with Crippen molar-refractivity contribution in [3.05, 3.63) is 34.3 Å².